The Morgan fingerprint density at radius 2 is 1.86 bits per heavy atom. The molecule has 1 N–H and O–H groups in total. The lowest BCUT2D eigenvalue weighted by atomic mass is 9.96. The first-order chi connectivity index (χ1) is 13.7. The van der Waals surface area contributed by atoms with Gasteiger partial charge < -0.3 is 9.64 Å². The van der Waals surface area contributed by atoms with Gasteiger partial charge in [-0.2, -0.15) is 18.9 Å². The van der Waals surface area contributed by atoms with Crippen LogP contribution >= 0.6 is 0 Å². The molecule has 1 atom stereocenters. The Labute approximate surface area is 165 Å². The average Bonchev–Trinajstić information content (AvgIpc) is 3.01. The number of aromatic amines is 1. The molecular weight excluding hydrogens is 387 g/mol. The van der Waals surface area contributed by atoms with Crippen LogP contribution in [0, 0.1) is 5.92 Å². The number of hydrogen-bond donors (Lipinski definition) is 1. The summed E-state index contributed by atoms with van der Waals surface area (Å²) < 4.78 is 44.3. The maximum absolute atomic E-state index is 13.6. The maximum atomic E-state index is 13.6. The van der Waals surface area contributed by atoms with Gasteiger partial charge in [0.05, 0.1) is 6.04 Å². The quantitative estimate of drug-likeness (QED) is 0.646. The Hall–Kier alpha value is -3.04. The monoisotopic (exact) mass is 409 g/mol. The summed E-state index contributed by atoms with van der Waals surface area (Å²) in [5.41, 5.74) is 0.532. The van der Waals surface area contributed by atoms with Crippen molar-refractivity contribution in [2.45, 2.75) is 33.2 Å². The second-order valence-corrected chi connectivity index (χ2v) is 7.14. The van der Waals surface area contributed by atoms with Gasteiger partial charge in [-0.15, -0.1) is 0 Å². The van der Waals surface area contributed by atoms with Crippen molar-refractivity contribution < 1.29 is 17.9 Å². The number of halogens is 3. The summed E-state index contributed by atoms with van der Waals surface area (Å²) in [4.78, 5) is 21.3. The summed E-state index contributed by atoms with van der Waals surface area (Å²) in [5, 5.41) is 4.43. The third-order valence-corrected chi connectivity index (χ3v) is 4.51. The van der Waals surface area contributed by atoms with Gasteiger partial charge in [0.1, 0.15) is 23.5 Å². The van der Waals surface area contributed by atoms with E-state index < -0.39 is 24.9 Å². The van der Waals surface area contributed by atoms with Crippen LogP contribution in [0.15, 0.2) is 29.1 Å². The van der Waals surface area contributed by atoms with E-state index >= 15 is 0 Å². The second kappa shape index (κ2) is 8.14. The molecule has 10 heteroatoms. The lowest BCUT2D eigenvalue weighted by Crippen LogP contribution is -2.22. The first-order valence-electron chi connectivity index (χ1n) is 9.02. The number of nitrogens with zero attached hydrogens (tertiary/aromatic N) is 4. The molecule has 0 aliphatic carbocycles. The molecule has 2 heterocycles. The minimum Gasteiger partial charge on any atom is -0.435 e. The zero-order valence-electron chi connectivity index (χ0n) is 16.5. The van der Waals surface area contributed by atoms with Crippen molar-refractivity contribution in [3.8, 4) is 5.75 Å². The predicted molar refractivity (Wildman–Crippen MR) is 103 cm³/mol. The van der Waals surface area contributed by atoms with Crippen molar-refractivity contribution in [2.75, 3.05) is 19.0 Å². The van der Waals surface area contributed by atoms with Crippen LogP contribution in [-0.2, 0) is 6.67 Å². The molecule has 2 aromatic heterocycles. The van der Waals surface area contributed by atoms with E-state index in [9.17, 15) is 18.0 Å². The normalized spacial score (nSPS) is 12.7. The van der Waals surface area contributed by atoms with Gasteiger partial charge in [-0.05, 0) is 23.6 Å². The van der Waals surface area contributed by atoms with Crippen molar-refractivity contribution >= 4 is 17.0 Å². The Bertz CT molecular complexity index is 1040. The van der Waals surface area contributed by atoms with E-state index in [1.807, 2.05) is 13.8 Å². The van der Waals surface area contributed by atoms with Crippen LogP contribution in [0.5, 0.6) is 5.75 Å². The highest BCUT2D eigenvalue weighted by Crippen LogP contribution is 2.31. The number of fused-ring (bicyclic) bond motifs is 1. The summed E-state index contributed by atoms with van der Waals surface area (Å²) in [6, 6.07) is 5.76. The van der Waals surface area contributed by atoms with Crippen LogP contribution in [0.4, 0.5) is 19.1 Å². The zero-order valence-corrected chi connectivity index (χ0v) is 16.5. The molecule has 0 unspecified atom stereocenters. The number of ether oxygens (including phenoxy) is 1. The molecule has 156 valence electrons. The summed E-state index contributed by atoms with van der Waals surface area (Å²) >= 11 is 0. The Morgan fingerprint density at radius 1 is 1.21 bits per heavy atom. The molecule has 3 rings (SSSR count). The first kappa shape index (κ1) is 20.7. The number of nitrogens with one attached hydrogen (secondary N) is 1. The third-order valence-electron chi connectivity index (χ3n) is 4.51. The van der Waals surface area contributed by atoms with Crippen LogP contribution < -0.4 is 15.2 Å². The molecular formula is C19H22F3N5O2. The molecule has 0 aliphatic heterocycles. The molecule has 0 fully saturated rings. The van der Waals surface area contributed by atoms with E-state index in [1.165, 1.54) is 16.8 Å². The average molecular weight is 409 g/mol. The first-order valence-corrected chi connectivity index (χ1v) is 9.02. The lowest BCUT2D eigenvalue weighted by Gasteiger charge is -2.23. The summed E-state index contributed by atoms with van der Waals surface area (Å²) in [5.74, 6) is 0.332. The van der Waals surface area contributed by atoms with Gasteiger partial charge in [0.15, 0.2) is 5.65 Å². The summed E-state index contributed by atoms with van der Waals surface area (Å²) in [6.07, 6.45) is 0. The number of alkyl halides is 3. The van der Waals surface area contributed by atoms with Gasteiger partial charge in [-0.3, -0.25) is 9.78 Å². The van der Waals surface area contributed by atoms with Gasteiger partial charge in [0, 0.05) is 14.1 Å². The number of rotatable bonds is 7. The largest absolute Gasteiger partial charge is 0.435 e. The van der Waals surface area contributed by atoms with Crippen molar-refractivity contribution in [3.63, 3.8) is 0 Å². The van der Waals surface area contributed by atoms with E-state index in [4.69, 9.17) is 0 Å². The smallest absolute Gasteiger partial charge is 0.387 e. The molecule has 29 heavy (non-hydrogen) atoms. The SMILES string of the molecule is CC(C)[C@H](c1ccc(OC(F)F)cc1)n1nc(CF)c2c(=O)[nH]c(N(C)C)nc21. The van der Waals surface area contributed by atoms with Gasteiger partial charge in [-0.1, -0.05) is 26.0 Å². The van der Waals surface area contributed by atoms with Crippen LogP contribution in [0.2, 0.25) is 0 Å². The fourth-order valence-electron chi connectivity index (χ4n) is 3.26. The van der Waals surface area contributed by atoms with Gasteiger partial charge >= 0.3 is 6.61 Å². The second-order valence-electron chi connectivity index (χ2n) is 7.14. The molecule has 1 aromatic carbocycles. The van der Waals surface area contributed by atoms with E-state index in [-0.39, 0.29) is 28.4 Å². The maximum Gasteiger partial charge on any atom is 0.387 e. The highest BCUT2D eigenvalue weighted by atomic mass is 19.3. The number of aromatic nitrogens is 4. The minimum atomic E-state index is -2.91. The van der Waals surface area contributed by atoms with Crippen LogP contribution in [0.1, 0.15) is 31.1 Å². The Kier molecular flexibility index (Phi) is 5.81. The highest BCUT2D eigenvalue weighted by molar-refractivity contribution is 5.78. The molecule has 7 nitrogen and oxygen atoms in total. The zero-order chi connectivity index (χ0) is 21.3. The molecule has 0 saturated heterocycles. The molecule has 0 saturated carbocycles. The Morgan fingerprint density at radius 3 is 2.38 bits per heavy atom. The van der Waals surface area contributed by atoms with E-state index in [1.54, 1.807) is 31.1 Å². The third kappa shape index (κ3) is 4.06. The number of anilines is 1. The van der Waals surface area contributed by atoms with Crippen LogP contribution in [-0.4, -0.2) is 40.5 Å². The summed E-state index contributed by atoms with van der Waals surface area (Å²) in [6.45, 7) is 0.0549. The number of H-pyrrole nitrogens is 1. The molecule has 0 bridgehead atoms. The highest BCUT2D eigenvalue weighted by Gasteiger charge is 2.26. The van der Waals surface area contributed by atoms with E-state index in [0.29, 0.717) is 5.95 Å². The summed E-state index contributed by atoms with van der Waals surface area (Å²) in [7, 11) is 3.45. The van der Waals surface area contributed by atoms with Crippen molar-refractivity contribution in [1.82, 2.24) is 19.7 Å². The van der Waals surface area contributed by atoms with E-state index in [0.717, 1.165) is 5.56 Å². The fraction of sp³-hybridized carbons (Fsp3) is 0.421. The van der Waals surface area contributed by atoms with Gasteiger partial charge in [-0.25, -0.2) is 9.07 Å². The molecule has 3 aromatic rings. The van der Waals surface area contributed by atoms with Gasteiger partial charge in [0.25, 0.3) is 5.56 Å². The van der Waals surface area contributed by atoms with E-state index in [2.05, 4.69) is 19.8 Å². The molecule has 0 amide bonds. The molecule has 0 aliphatic rings. The minimum absolute atomic E-state index is 0.00219. The van der Waals surface area contributed by atoms with Crippen LogP contribution in [0.25, 0.3) is 11.0 Å². The molecule has 0 spiro atoms. The van der Waals surface area contributed by atoms with Crippen LogP contribution in [0.3, 0.4) is 0 Å². The van der Waals surface area contributed by atoms with Crippen molar-refractivity contribution in [2.24, 2.45) is 5.92 Å². The standard InChI is InChI=1S/C19H22F3N5O2/c1-10(2)15(11-5-7-12(8-6-11)29-18(21)22)27-16-14(13(9-20)25-27)17(28)24-19(23-16)26(3)4/h5-8,10,15,18H,9H2,1-4H3,(H,23,24,28)/t15-/m1/s1. The predicted octanol–water partition coefficient (Wildman–Crippen LogP) is 3.50. The topological polar surface area (TPSA) is 76.0 Å². The molecule has 0 radical (unpaired) electrons. The van der Waals surface area contributed by atoms with Crippen molar-refractivity contribution in [3.05, 3.63) is 45.9 Å². The van der Waals surface area contributed by atoms with Crippen molar-refractivity contribution in [1.29, 1.82) is 0 Å². The number of benzene rings is 1. The van der Waals surface area contributed by atoms with Gasteiger partial charge in [0.2, 0.25) is 5.95 Å². The lowest BCUT2D eigenvalue weighted by molar-refractivity contribution is -0.0498. The Balaban J connectivity index is 2.18. The number of hydrogen-bond acceptors (Lipinski definition) is 5. The fourth-order valence-corrected chi connectivity index (χ4v) is 3.26.